The van der Waals surface area contributed by atoms with Crippen LogP contribution in [-0.2, 0) is 4.79 Å². The highest BCUT2D eigenvalue weighted by molar-refractivity contribution is 5.80. The number of hydrogen-bond acceptors (Lipinski definition) is 2. The first kappa shape index (κ1) is 6.75. The van der Waals surface area contributed by atoms with Crippen molar-refractivity contribution < 1.29 is 9.90 Å². The molecule has 0 spiro atoms. The van der Waals surface area contributed by atoms with E-state index in [2.05, 4.69) is 0 Å². The third-order valence-electron chi connectivity index (χ3n) is 0.461. The number of allylic oxidation sites excluding steroid dienone is 2. The predicted molar refractivity (Wildman–Crippen MR) is 30.1 cm³/mol. The fraction of sp³-hybridized carbons (Fsp3) is 0. The van der Waals surface area contributed by atoms with Crippen molar-refractivity contribution in [1.29, 1.82) is 0 Å². The van der Waals surface area contributed by atoms with E-state index >= 15 is 0 Å². The Morgan fingerprint density at radius 2 is 2.12 bits per heavy atom. The average molecular weight is 113 g/mol. The number of carbonyl (C=O) groups is 1. The summed E-state index contributed by atoms with van der Waals surface area (Å²) >= 11 is 0. The summed E-state index contributed by atoms with van der Waals surface area (Å²) in [7, 11) is 0. The highest BCUT2D eigenvalue weighted by atomic mass is 16.4. The van der Waals surface area contributed by atoms with E-state index in [-0.39, 0.29) is 0 Å². The molecule has 0 rings (SSSR count). The molecule has 0 aliphatic rings. The van der Waals surface area contributed by atoms with E-state index in [1.165, 1.54) is 18.4 Å². The summed E-state index contributed by atoms with van der Waals surface area (Å²) in [5.74, 6) is -0.969. The van der Waals surface area contributed by atoms with Gasteiger partial charge in [-0.1, -0.05) is 6.08 Å². The maximum absolute atomic E-state index is 9.71. The fourth-order valence-electron chi connectivity index (χ4n) is 0.202. The van der Waals surface area contributed by atoms with Crippen molar-refractivity contribution in [2.24, 2.45) is 5.73 Å². The fourth-order valence-corrected chi connectivity index (χ4v) is 0.202. The second-order valence-electron chi connectivity index (χ2n) is 1.08. The zero-order valence-electron chi connectivity index (χ0n) is 4.24. The van der Waals surface area contributed by atoms with Gasteiger partial charge in [-0.25, -0.2) is 4.79 Å². The molecule has 0 heterocycles. The second-order valence-corrected chi connectivity index (χ2v) is 1.08. The van der Waals surface area contributed by atoms with Gasteiger partial charge in [0, 0.05) is 6.08 Å². The number of rotatable bonds is 2. The van der Waals surface area contributed by atoms with Gasteiger partial charge in [0.1, 0.15) is 0 Å². The zero-order valence-corrected chi connectivity index (χ0v) is 4.24. The summed E-state index contributed by atoms with van der Waals surface area (Å²) in [5.41, 5.74) is 4.89. The van der Waals surface area contributed by atoms with Crippen molar-refractivity contribution in [3.63, 3.8) is 0 Å². The molecule has 0 fully saturated rings. The zero-order chi connectivity index (χ0) is 6.41. The largest absolute Gasteiger partial charge is 0.478 e. The number of carboxylic acids is 1. The third kappa shape index (κ3) is 4.75. The first-order valence-electron chi connectivity index (χ1n) is 2.05. The molecule has 0 atom stereocenters. The van der Waals surface area contributed by atoms with E-state index < -0.39 is 5.97 Å². The van der Waals surface area contributed by atoms with Crippen LogP contribution in [0.3, 0.4) is 0 Å². The smallest absolute Gasteiger partial charge is 0.328 e. The Morgan fingerprint density at radius 3 is 2.50 bits per heavy atom. The van der Waals surface area contributed by atoms with Gasteiger partial charge in [0.05, 0.1) is 0 Å². The molecule has 0 bridgehead atoms. The monoisotopic (exact) mass is 113 g/mol. The van der Waals surface area contributed by atoms with Crippen LogP contribution < -0.4 is 5.73 Å². The molecule has 44 valence electrons. The predicted octanol–water partition coefficient (Wildman–Crippen LogP) is 0.0996. The minimum atomic E-state index is -0.969. The standard InChI is InChI=1S/C5H7NO2/c6-4-2-1-3-5(7)8/h1-4H,6H2,(H,7,8). The minimum absolute atomic E-state index is 0.969. The van der Waals surface area contributed by atoms with Crippen molar-refractivity contribution >= 4 is 5.97 Å². The van der Waals surface area contributed by atoms with Gasteiger partial charge in [0.2, 0.25) is 0 Å². The van der Waals surface area contributed by atoms with Crippen LogP contribution in [0, 0.1) is 0 Å². The van der Waals surface area contributed by atoms with Crippen LogP contribution in [0.15, 0.2) is 24.4 Å². The highest BCUT2D eigenvalue weighted by Gasteiger charge is 1.78. The normalized spacial score (nSPS) is 11.0. The molecule has 0 unspecified atom stereocenters. The molecule has 0 saturated carbocycles. The molecule has 0 amide bonds. The number of nitrogens with two attached hydrogens (primary N) is 1. The average Bonchev–Trinajstić information content (AvgIpc) is 1.66. The van der Waals surface area contributed by atoms with Crippen LogP contribution in [-0.4, -0.2) is 11.1 Å². The number of hydrogen-bond donors (Lipinski definition) is 2. The summed E-state index contributed by atoms with van der Waals surface area (Å²) < 4.78 is 0. The molecule has 0 radical (unpaired) electrons. The summed E-state index contributed by atoms with van der Waals surface area (Å²) in [6, 6.07) is 0. The highest BCUT2D eigenvalue weighted by Crippen LogP contribution is 1.72. The molecule has 8 heavy (non-hydrogen) atoms. The van der Waals surface area contributed by atoms with Gasteiger partial charge >= 0.3 is 5.97 Å². The topological polar surface area (TPSA) is 63.3 Å². The van der Waals surface area contributed by atoms with Gasteiger partial charge in [-0.3, -0.25) is 0 Å². The quantitative estimate of drug-likeness (QED) is 0.394. The van der Waals surface area contributed by atoms with Crippen LogP contribution in [0.2, 0.25) is 0 Å². The lowest BCUT2D eigenvalue weighted by Crippen LogP contribution is -1.84. The van der Waals surface area contributed by atoms with Crippen LogP contribution in [0.4, 0.5) is 0 Å². The van der Waals surface area contributed by atoms with Crippen LogP contribution >= 0.6 is 0 Å². The minimum Gasteiger partial charge on any atom is -0.478 e. The molecule has 3 heteroatoms. The molecule has 0 aliphatic carbocycles. The van der Waals surface area contributed by atoms with Crippen LogP contribution in [0.5, 0.6) is 0 Å². The SMILES string of the molecule is NC=CC=CC(=O)O. The molecule has 0 aliphatic heterocycles. The van der Waals surface area contributed by atoms with Crippen molar-refractivity contribution in [2.45, 2.75) is 0 Å². The molecule has 0 aromatic rings. The van der Waals surface area contributed by atoms with Gasteiger partial charge in [0.25, 0.3) is 0 Å². The summed E-state index contributed by atoms with van der Waals surface area (Å²) in [5, 5.41) is 7.98. The molecular weight excluding hydrogens is 106 g/mol. The molecule has 0 saturated heterocycles. The molecule has 0 aromatic carbocycles. The Morgan fingerprint density at radius 1 is 1.50 bits per heavy atom. The van der Waals surface area contributed by atoms with Crippen LogP contribution in [0.1, 0.15) is 0 Å². The summed E-state index contributed by atoms with van der Waals surface area (Å²) in [6.45, 7) is 0. The Balaban J connectivity index is 3.50. The summed E-state index contributed by atoms with van der Waals surface area (Å²) in [6.07, 6.45) is 5.05. The van der Waals surface area contributed by atoms with Crippen molar-refractivity contribution in [1.82, 2.24) is 0 Å². The lowest BCUT2D eigenvalue weighted by molar-refractivity contribution is -0.131. The van der Waals surface area contributed by atoms with Gasteiger partial charge in [0.15, 0.2) is 0 Å². The Labute approximate surface area is 47.1 Å². The van der Waals surface area contributed by atoms with Crippen molar-refractivity contribution in [3.05, 3.63) is 24.4 Å². The van der Waals surface area contributed by atoms with E-state index in [0.29, 0.717) is 0 Å². The van der Waals surface area contributed by atoms with E-state index in [1.54, 1.807) is 0 Å². The maximum atomic E-state index is 9.71. The number of aliphatic carboxylic acids is 1. The van der Waals surface area contributed by atoms with E-state index in [9.17, 15) is 4.79 Å². The maximum Gasteiger partial charge on any atom is 0.328 e. The van der Waals surface area contributed by atoms with Gasteiger partial charge in [-0.05, 0) is 12.3 Å². The first-order chi connectivity index (χ1) is 3.77. The number of carboxylic acid groups (broad SMARTS) is 1. The van der Waals surface area contributed by atoms with Gasteiger partial charge in [-0.15, -0.1) is 0 Å². The van der Waals surface area contributed by atoms with Crippen LogP contribution in [0.25, 0.3) is 0 Å². The third-order valence-corrected chi connectivity index (χ3v) is 0.461. The van der Waals surface area contributed by atoms with Crippen molar-refractivity contribution in [3.8, 4) is 0 Å². The second kappa shape index (κ2) is 3.92. The molecular formula is C5H7NO2. The Kier molecular flexibility index (Phi) is 3.31. The lowest BCUT2D eigenvalue weighted by Gasteiger charge is -1.72. The lowest BCUT2D eigenvalue weighted by atomic mass is 10.5. The van der Waals surface area contributed by atoms with Crippen molar-refractivity contribution in [2.75, 3.05) is 0 Å². The summed E-state index contributed by atoms with van der Waals surface area (Å²) in [4.78, 5) is 9.71. The van der Waals surface area contributed by atoms with Gasteiger partial charge in [-0.2, -0.15) is 0 Å². The first-order valence-corrected chi connectivity index (χ1v) is 2.05. The Hall–Kier alpha value is -1.25. The van der Waals surface area contributed by atoms with E-state index in [4.69, 9.17) is 10.8 Å². The molecule has 3 nitrogen and oxygen atoms in total. The Bertz CT molecular complexity index is 126. The van der Waals surface area contributed by atoms with E-state index in [0.717, 1.165) is 6.08 Å². The van der Waals surface area contributed by atoms with Gasteiger partial charge < -0.3 is 10.8 Å². The van der Waals surface area contributed by atoms with E-state index in [1.807, 2.05) is 0 Å². The molecule has 3 N–H and O–H groups in total. The molecule has 0 aromatic heterocycles.